The quantitative estimate of drug-likeness (QED) is 0.458. The smallest absolute Gasteiger partial charge is 0.336 e. The van der Waals surface area contributed by atoms with E-state index in [9.17, 15) is 9.59 Å². The number of carbonyl (C=O) groups is 1. The van der Waals surface area contributed by atoms with Gasteiger partial charge in [-0.25, -0.2) is 4.79 Å². The number of nitrogens with one attached hydrogen (secondary N) is 1. The van der Waals surface area contributed by atoms with Crippen LogP contribution in [0.1, 0.15) is 5.56 Å². The lowest BCUT2D eigenvalue weighted by Crippen LogP contribution is -2.20. The van der Waals surface area contributed by atoms with E-state index >= 15 is 0 Å². The van der Waals surface area contributed by atoms with Gasteiger partial charge in [0.2, 0.25) is 0 Å². The van der Waals surface area contributed by atoms with Gasteiger partial charge in [0.05, 0.1) is 12.8 Å². The van der Waals surface area contributed by atoms with Crippen LogP contribution >= 0.6 is 0 Å². The molecule has 0 aliphatic carbocycles. The number of ether oxygens (including phenoxy) is 2. The Morgan fingerprint density at radius 1 is 0.968 bits per heavy atom. The number of fused-ring (bicyclic) bond motifs is 1. The maximum atomic E-state index is 12.4. The molecular weight excluding hydrogens is 394 g/mol. The number of carbonyl (C=O) groups excluding carboxylic acids is 1. The van der Waals surface area contributed by atoms with E-state index in [0.717, 1.165) is 16.5 Å². The average Bonchev–Trinajstić information content (AvgIpc) is 2.79. The lowest BCUT2D eigenvalue weighted by molar-refractivity contribution is -0.118. The van der Waals surface area contributed by atoms with Crippen molar-refractivity contribution in [1.29, 1.82) is 0 Å². The first kappa shape index (κ1) is 20.2. The summed E-state index contributed by atoms with van der Waals surface area (Å²) in [4.78, 5) is 24.5. The third kappa shape index (κ3) is 4.28. The molecule has 156 valence electrons. The Balaban J connectivity index is 1.59. The zero-order valence-corrected chi connectivity index (χ0v) is 17.2. The van der Waals surface area contributed by atoms with Gasteiger partial charge in [-0.1, -0.05) is 42.5 Å². The molecule has 4 aromatic rings. The van der Waals surface area contributed by atoms with Gasteiger partial charge in [-0.3, -0.25) is 4.79 Å². The first-order valence-corrected chi connectivity index (χ1v) is 9.75. The van der Waals surface area contributed by atoms with E-state index in [-0.39, 0.29) is 12.5 Å². The van der Waals surface area contributed by atoms with E-state index in [4.69, 9.17) is 13.9 Å². The SMILES string of the molecule is COc1ccccc1NC(=O)COc1ccc2c(-c3ccccc3)cc(=O)oc2c1C. The third-order valence-electron chi connectivity index (χ3n) is 4.94. The maximum absolute atomic E-state index is 12.4. The molecular formula is C25H21NO5. The topological polar surface area (TPSA) is 77.8 Å². The molecule has 1 aromatic heterocycles. The predicted octanol–water partition coefficient (Wildman–Crippen LogP) is 4.79. The number of rotatable bonds is 6. The minimum atomic E-state index is -0.444. The van der Waals surface area contributed by atoms with Crippen molar-refractivity contribution in [3.8, 4) is 22.6 Å². The molecule has 1 N–H and O–H groups in total. The van der Waals surface area contributed by atoms with Crippen molar-refractivity contribution in [3.63, 3.8) is 0 Å². The lowest BCUT2D eigenvalue weighted by Gasteiger charge is -2.13. The van der Waals surface area contributed by atoms with E-state index in [2.05, 4.69) is 5.32 Å². The molecule has 0 radical (unpaired) electrons. The predicted molar refractivity (Wildman–Crippen MR) is 120 cm³/mol. The summed E-state index contributed by atoms with van der Waals surface area (Å²) in [6.07, 6.45) is 0. The van der Waals surface area contributed by atoms with Crippen LogP contribution in [0.3, 0.4) is 0 Å². The van der Waals surface area contributed by atoms with Crippen LogP contribution in [0.2, 0.25) is 0 Å². The van der Waals surface area contributed by atoms with Gasteiger partial charge in [0.25, 0.3) is 5.91 Å². The highest BCUT2D eigenvalue weighted by atomic mass is 16.5. The van der Waals surface area contributed by atoms with E-state index in [1.54, 1.807) is 31.2 Å². The van der Waals surface area contributed by atoms with Crippen LogP contribution in [0, 0.1) is 6.92 Å². The fraction of sp³-hybridized carbons (Fsp3) is 0.120. The Bertz CT molecular complexity index is 1290. The van der Waals surface area contributed by atoms with Crippen LogP contribution in [-0.2, 0) is 4.79 Å². The van der Waals surface area contributed by atoms with Crippen molar-refractivity contribution in [2.75, 3.05) is 19.0 Å². The molecule has 3 aromatic carbocycles. The summed E-state index contributed by atoms with van der Waals surface area (Å²) in [5.41, 5.74) is 2.92. The molecule has 0 saturated carbocycles. The fourth-order valence-electron chi connectivity index (χ4n) is 3.43. The molecule has 4 rings (SSSR count). The molecule has 0 unspecified atom stereocenters. The molecule has 0 saturated heterocycles. The second-order valence-corrected chi connectivity index (χ2v) is 6.95. The first-order valence-electron chi connectivity index (χ1n) is 9.75. The number of aryl methyl sites for hydroxylation is 1. The average molecular weight is 415 g/mol. The van der Waals surface area contributed by atoms with Crippen LogP contribution in [0.5, 0.6) is 11.5 Å². The molecule has 1 heterocycles. The number of anilines is 1. The summed E-state index contributed by atoms with van der Waals surface area (Å²) < 4.78 is 16.4. The van der Waals surface area contributed by atoms with Gasteiger partial charge in [0.1, 0.15) is 17.1 Å². The van der Waals surface area contributed by atoms with Gasteiger partial charge in [-0.15, -0.1) is 0 Å². The van der Waals surface area contributed by atoms with Gasteiger partial charge < -0.3 is 19.2 Å². The van der Waals surface area contributed by atoms with E-state index in [1.165, 1.54) is 13.2 Å². The summed E-state index contributed by atoms with van der Waals surface area (Å²) in [5.74, 6) is 0.701. The highest BCUT2D eigenvalue weighted by Crippen LogP contribution is 2.33. The summed E-state index contributed by atoms with van der Waals surface area (Å²) in [6.45, 7) is 1.60. The largest absolute Gasteiger partial charge is 0.495 e. The number of para-hydroxylation sites is 2. The highest BCUT2D eigenvalue weighted by Gasteiger charge is 2.14. The molecule has 6 nitrogen and oxygen atoms in total. The van der Waals surface area contributed by atoms with Crippen LogP contribution < -0.4 is 20.4 Å². The first-order chi connectivity index (χ1) is 15.1. The zero-order chi connectivity index (χ0) is 21.8. The van der Waals surface area contributed by atoms with Crippen LogP contribution in [0.25, 0.3) is 22.1 Å². The van der Waals surface area contributed by atoms with Crippen molar-refractivity contribution in [3.05, 3.63) is 88.8 Å². The summed E-state index contributed by atoms with van der Waals surface area (Å²) in [5, 5.41) is 3.57. The van der Waals surface area contributed by atoms with Crippen LogP contribution in [0.15, 0.2) is 82.0 Å². The van der Waals surface area contributed by atoms with Crippen molar-refractivity contribution in [1.82, 2.24) is 0 Å². The van der Waals surface area contributed by atoms with Crippen LogP contribution in [-0.4, -0.2) is 19.6 Å². The maximum Gasteiger partial charge on any atom is 0.336 e. The fourth-order valence-corrected chi connectivity index (χ4v) is 3.43. The molecule has 0 atom stereocenters. The van der Waals surface area contributed by atoms with Crippen LogP contribution in [0.4, 0.5) is 5.69 Å². The minimum absolute atomic E-state index is 0.201. The van der Waals surface area contributed by atoms with E-state index in [1.807, 2.05) is 42.5 Å². The number of amides is 1. The third-order valence-corrected chi connectivity index (χ3v) is 4.94. The number of hydrogen-bond acceptors (Lipinski definition) is 5. The Kier molecular flexibility index (Phi) is 5.71. The Morgan fingerprint density at radius 3 is 2.48 bits per heavy atom. The second-order valence-electron chi connectivity index (χ2n) is 6.95. The van der Waals surface area contributed by atoms with Crippen molar-refractivity contribution in [2.24, 2.45) is 0 Å². The molecule has 31 heavy (non-hydrogen) atoms. The molecule has 0 aliphatic rings. The minimum Gasteiger partial charge on any atom is -0.495 e. The molecule has 0 spiro atoms. The van der Waals surface area contributed by atoms with Crippen molar-refractivity contribution < 1.29 is 18.7 Å². The Morgan fingerprint density at radius 2 is 1.71 bits per heavy atom. The van der Waals surface area contributed by atoms with Crippen molar-refractivity contribution in [2.45, 2.75) is 6.92 Å². The zero-order valence-electron chi connectivity index (χ0n) is 17.2. The molecule has 0 fully saturated rings. The summed E-state index contributed by atoms with van der Waals surface area (Å²) in [6, 6.07) is 21.9. The summed E-state index contributed by atoms with van der Waals surface area (Å²) in [7, 11) is 1.54. The van der Waals surface area contributed by atoms with Gasteiger partial charge in [0.15, 0.2) is 6.61 Å². The highest BCUT2D eigenvalue weighted by molar-refractivity contribution is 5.96. The summed E-state index contributed by atoms with van der Waals surface area (Å²) >= 11 is 0. The number of methoxy groups -OCH3 is 1. The molecule has 0 aliphatic heterocycles. The van der Waals surface area contributed by atoms with Gasteiger partial charge >= 0.3 is 5.63 Å². The standard InChI is InChI=1S/C25H21NO5/c1-16-21(30-15-23(27)26-20-10-6-7-11-22(20)29-2)13-12-18-19(14-24(28)31-25(16)18)17-8-4-3-5-9-17/h3-14H,15H2,1-2H3,(H,26,27). The monoisotopic (exact) mass is 415 g/mol. The number of hydrogen-bond donors (Lipinski definition) is 1. The molecule has 1 amide bonds. The second kappa shape index (κ2) is 8.75. The Hall–Kier alpha value is -4.06. The van der Waals surface area contributed by atoms with Gasteiger partial charge in [-0.2, -0.15) is 0 Å². The Labute approximate surface area is 179 Å². The van der Waals surface area contributed by atoms with Gasteiger partial charge in [0, 0.05) is 17.0 Å². The van der Waals surface area contributed by atoms with Gasteiger partial charge in [-0.05, 0) is 42.3 Å². The molecule has 0 bridgehead atoms. The molecule has 6 heteroatoms. The normalized spacial score (nSPS) is 10.6. The lowest BCUT2D eigenvalue weighted by atomic mass is 10.0. The van der Waals surface area contributed by atoms with E-state index < -0.39 is 5.63 Å². The van der Waals surface area contributed by atoms with Crippen molar-refractivity contribution >= 4 is 22.6 Å². The van der Waals surface area contributed by atoms with E-state index in [0.29, 0.717) is 28.3 Å². The number of benzene rings is 3.